The van der Waals surface area contributed by atoms with E-state index in [1.807, 2.05) is 39.0 Å². The van der Waals surface area contributed by atoms with Crippen LogP contribution in [0.5, 0.6) is 11.6 Å². The average Bonchev–Trinajstić information content (AvgIpc) is 2.99. The first-order valence-electron chi connectivity index (χ1n) is 7.69. The van der Waals surface area contributed by atoms with Gasteiger partial charge in [-0.15, -0.1) is 0 Å². The lowest BCUT2D eigenvalue weighted by molar-refractivity contribution is -0.0442. The van der Waals surface area contributed by atoms with Crippen LogP contribution in [0.1, 0.15) is 42.7 Å². The van der Waals surface area contributed by atoms with E-state index in [1.54, 1.807) is 0 Å². The molecule has 0 amide bonds. The maximum Gasteiger partial charge on any atom is 0.228 e. The molecule has 1 saturated heterocycles. The highest BCUT2D eigenvalue weighted by atomic mass is 35.5. The minimum absolute atomic E-state index is 0.0507. The Labute approximate surface area is 150 Å². The molecule has 3 rings (SSSR count). The molecule has 1 aliphatic heterocycles. The Balaban J connectivity index is 1.96. The van der Waals surface area contributed by atoms with Crippen molar-refractivity contribution in [3.63, 3.8) is 0 Å². The van der Waals surface area contributed by atoms with Gasteiger partial charge in [0.15, 0.2) is 6.29 Å². The van der Waals surface area contributed by atoms with Crippen LogP contribution in [0.15, 0.2) is 18.2 Å². The van der Waals surface area contributed by atoms with Gasteiger partial charge in [-0.05, 0) is 42.1 Å². The van der Waals surface area contributed by atoms with Gasteiger partial charge >= 0.3 is 0 Å². The molecule has 1 aliphatic rings. The summed E-state index contributed by atoms with van der Waals surface area (Å²) >= 11 is 12.1. The van der Waals surface area contributed by atoms with Gasteiger partial charge in [-0.25, -0.2) is 4.98 Å². The Morgan fingerprint density at radius 1 is 1.12 bits per heavy atom. The summed E-state index contributed by atoms with van der Waals surface area (Å²) in [5.74, 6) is 1.08. The van der Waals surface area contributed by atoms with Crippen LogP contribution in [0.25, 0.3) is 0 Å². The summed E-state index contributed by atoms with van der Waals surface area (Å²) in [6.07, 6.45) is -0.366. The number of aromatic nitrogens is 2. The molecular weight excluding hydrogens is 351 g/mol. The number of benzene rings is 1. The third kappa shape index (κ3) is 3.81. The molecule has 0 saturated carbocycles. The first kappa shape index (κ1) is 17.4. The largest absolute Gasteiger partial charge is 0.438 e. The molecule has 5 nitrogen and oxygen atoms in total. The summed E-state index contributed by atoms with van der Waals surface area (Å²) in [6, 6.07) is 5.79. The minimum Gasteiger partial charge on any atom is -0.438 e. The highest BCUT2D eigenvalue weighted by molar-refractivity contribution is 6.32. The summed E-state index contributed by atoms with van der Waals surface area (Å²) in [4.78, 5) is 8.19. The molecule has 128 valence electrons. The summed E-state index contributed by atoms with van der Waals surface area (Å²) in [6.45, 7) is 7.14. The normalized spacial score (nSPS) is 15.2. The molecular formula is C17H18Cl2N2O3. The van der Waals surface area contributed by atoms with E-state index in [4.69, 9.17) is 37.4 Å². The van der Waals surface area contributed by atoms with Crippen molar-refractivity contribution in [3.05, 3.63) is 45.3 Å². The van der Waals surface area contributed by atoms with Crippen LogP contribution in [0.4, 0.5) is 0 Å². The van der Waals surface area contributed by atoms with Gasteiger partial charge in [-0.1, -0.05) is 31.5 Å². The second-order valence-corrected chi connectivity index (χ2v) is 6.61. The lowest BCUT2D eigenvalue weighted by Crippen LogP contribution is -2.03. The van der Waals surface area contributed by atoms with E-state index in [1.165, 1.54) is 0 Å². The fourth-order valence-corrected chi connectivity index (χ4v) is 3.18. The molecule has 1 aromatic heterocycles. The van der Waals surface area contributed by atoms with E-state index in [9.17, 15) is 0 Å². The molecule has 7 heteroatoms. The summed E-state index contributed by atoms with van der Waals surface area (Å²) in [5, 5.41) is 0.352. The van der Waals surface area contributed by atoms with Crippen LogP contribution >= 0.6 is 23.2 Å². The Kier molecular flexibility index (Phi) is 5.25. The first-order valence-corrected chi connectivity index (χ1v) is 8.45. The van der Waals surface area contributed by atoms with Crippen molar-refractivity contribution in [1.29, 1.82) is 0 Å². The number of hydrogen-bond acceptors (Lipinski definition) is 5. The van der Waals surface area contributed by atoms with Gasteiger partial charge in [0.25, 0.3) is 0 Å². The number of halogens is 2. The molecule has 24 heavy (non-hydrogen) atoms. The highest BCUT2D eigenvalue weighted by Crippen LogP contribution is 2.36. The van der Waals surface area contributed by atoms with Crippen LogP contribution in [0.3, 0.4) is 0 Å². The minimum atomic E-state index is -0.366. The van der Waals surface area contributed by atoms with E-state index in [0.717, 1.165) is 16.7 Å². The smallest absolute Gasteiger partial charge is 0.228 e. The third-order valence-corrected chi connectivity index (χ3v) is 4.05. The predicted molar refractivity (Wildman–Crippen MR) is 92.0 cm³/mol. The molecule has 0 unspecified atom stereocenters. The molecule has 0 radical (unpaired) electrons. The Bertz CT molecular complexity index is 747. The predicted octanol–water partition coefficient (Wildman–Crippen LogP) is 5.05. The van der Waals surface area contributed by atoms with Crippen LogP contribution < -0.4 is 4.74 Å². The van der Waals surface area contributed by atoms with Gasteiger partial charge in [0, 0.05) is 5.56 Å². The Hall–Kier alpha value is -1.40. The van der Waals surface area contributed by atoms with Gasteiger partial charge < -0.3 is 14.2 Å². The maximum absolute atomic E-state index is 6.21. The van der Waals surface area contributed by atoms with Crippen molar-refractivity contribution in [2.24, 2.45) is 0 Å². The van der Waals surface area contributed by atoms with Crippen molar-refractivity contribution < 1.29 is 14.2 Å². The lowest BCUT2D eigenvalue weighted by Gasteiger charge is -2.16. The Morgan fingerprint density at radius 2 is 1.83 bits per heavy atom. The average molecular weight is 369 g/mol. The van der Waals surface area contributed by atoms with Gasteiger partial charge in [-0.3, -0.25) is 0 Å². The van der Waals surface area contributed by atoms with E-state index in [2.05, 4.69) is 9.97 Å². The van der Waals surface area contributed by atoms with Crippen molar-refractivity contribution in [1.82, 2.24) is 9.97 Å². The molecule has 0 bridgehead atoms. The second kappa shape index (κ2) is 7.23. The van der Waals surface area contributed by atoms with Crippen LogP contribution in [0.2, 0.25) is 10.4 Å². The van der Waals surface area contributed by atoms with Crippen molar-refractivity contribution in [2.75, 3.05) is 13.2 Å². The molecule has 0 spiro atoms. The zero-order valence-corrected chi connectivity index (χ0v) is 15.2. The van der Waals surface area contributed by atoms with Crippen LogP contribution in [-0.2, 0) is 9.47 Å². The zero-order chi connectivity index (χ0) is 17.3. The van der Waals surface area contributed by atoms with Gasteiger partial charge in [-0.2, -0.15) is 4.98 Å². The van der Waals surface area contributed by atoms with Crippen molar-refractivity contribution in [3.8, 4) is 11.6 Å². The van der Waals surface area contributed by atoms with Crippen LogP contribution in [-0.4, -0.2) is 23.2 Å². The summed E-state index contributed by atoms with van der Waals surface area (Å²) in [7, 11) is 0. The topological polar surface area (TPSA) is 53.5 Å². The lowest BCUT2D eigenvalue weighted by atomic mass is 10.1. The van der Waals surface area contributed by atoms with Gasteiger partial charge in [0.1, 0.15) is 10.9 Å². The number of ether oxygens (including phenoxy) is 3. The third-order valence-electron chi connectivity index (χ3n) is 3.60. The fourth-order valence-electron chi connectivity index (χ4n) is 2.60. The quantitative estimate of drug-likeness (QED) is 0.557. The fraction of sp³-hybridized carbons (Fsp3) is 0.412. The highest BCUT2D eigenvalue weighted by Gasteiger charge is 2.21. The number of aryl methyl sites for hydroxylation is 1. The second-order valence-electron chi connectivity index (χ2n) is 5.91. The molecule has 0 aliphatic carbocycles. The maximum atomic E-state index is 6.21. The first-order chi connectivity index (χ1) is 11.4. The van der Waals surface area contributed by atoms with E-state index >= 15 is 0 Å². The van der Waals surface area contributed by atoms with Crippen molar-refractivity contribution >= 4 is 23.2 Å². The van der Waals surface area contributed by atoms with Crippen LogP contribution in [0, 0.1) is 6.92 Å². The molecule has 2 heterocycles. The standard InChI is InChI=1S/C17H18Cl2N2O3/c1-9(2)13-14(18)20-17(19)21-15(13)24-12-7-10(3)6-11(8-12)16-22-4-5-23-16/h6-9,16H,4-5H2,1-3H3. The van der Waals surface area contributed by atoms with Crippen molar-refractivity contribution in [2.45, 2.75) is 33.0 Å². The number of rotatable bonds is 4. The molecule has 2 aromatic rings. The summed E-state index contributed by atoms with van der Waals surface area (Å²) in [5.41, 5.74) is 2.65. The van der Waals surface area contributed by atoms with E-state index in [0.29, 0.717) is 30.0 Å². The molecule has 1 aromatic carbocycles. The number of nitrogens with zero attached hydrogens (tertiary/aromatic N) is 2. The SMILES string of the molecule is Cc1cc(Oc2nc(Cl)nc(Cl)c2C(C)C)cc(C2OCCO2)c1. The monoisotopic (exact) mass is 368 g/mol. The molecule has 0 N–H and O–H groups in total. The number of hydrogen-bond donors (Lipinski definition) is 0. The van der Waals surface area contributed by atoms with Gasteiger partial charge in [0.2, 0.25) is 11.2 Å². The molecule has 1 fully saturated rings. The van der Waals surface area contributed by atoms with Gasteiger partial charge in [0.05, 0.1) is 18.8 Å². The zero-order valence-electron chi connectivity index (χ0n) is 13.7. The Morgan fingerprint density at radius 3 is 2.50 bits per heavy atom. The van der Waals surface area contributed by atoms with E-state index in [-0.39, 0.29) is 17.5 Å². The molecule has 0 atom stereocenters. The summed E-state index contributed by atoms with van der Waals surface area (Å²) < 4.78 is 17.1. The van der Waals surface area contributed by atoms with E-state index < -0.39 is 0 Å².